The molecular weight excluding hydrogens is 408 g/mol. The topological polar surface area (TPSA) is 77.1 Å². The van der Waals surface area contributed by atoms with Gasteiger partial charge in [0, 0.05) is 22.5 Å². The lowest BCUT2D eigenvalue weighted by molar-refractivity contribution is -0.128. The first-order chi connectivity index (χ1) is 14.5. The van der Waals surface area contributed by atoms with E-state index in [4.69, 9.17) is 25.8 Å². The Morgan fingerprint density at radius 1 is 1.13 bits per heavy atom. The van der Waals surface area contributed by atoms with Crippen LogP contribution >= 0.6 is 11.6 Å². The number of carbonyl (C=O) groups excluding carboxylic acids is 2. The molecule has 2 saturated heterocycles. The van der Waals surface area contributed by atoms with Crippen molar-refractivity contribution < 1.29 is 23.8 Å². The molecule has 0 aliphatic carbocycles. The Hall–Kier alpha value is -3.03. The third-order valence-electron chi connectivity index (χ3n) is 6.18. The van der Waals surface area contributed by atoms with E-state index in [1.54, 1.807) is 47.4 Å². The van der Waals surface area contributed by atoms with Gasteiger partial charge < -0.3 is 24.4 Å². The lowest BCUT2D eigenvalue weighted by atomic mass is 9.77. The maximum atomic E-state index is 13.3. The van der Waals surface area contributed by atoms with E-state index in [0.29, 0.717) is 28.8 Å². The second-order valence-electron chi connectivity index (χ2n) is 7.86. The third-order valence-corrected chi connectivity index (χ3v) is 6.43. The fraction of sp³-hybridized carbons (Fsp3) is 0.273. The Morgan fingerprint density at radius 2 is 1.93 bits per heavy atom. The maximum absolute atomic E-state index is 13.3. The number of nitrogens with zero attached hydrogens (tertiary/aromatic N) is 1. The molecule has 6 rings (SSSR count). The van der Waals surface area contributed by atoms with Crippen LogP contribution in [0.15, 0.2) is 54.6 Å². The van der Waals surface area contributed by atoms with Gasteiger partial charge in [-0.25, -0.2) is 0 Å². The molecule has 4 aliphatic heterocycles. The lowest BCUT2D eigenvalue weighted by Gasteiger charge is -2.23. The minimum atomic E-state index is -0.779. The lowest BCUT2D eigenvalue weighted by Crippen LogP contribution is -2.41. The Balaban J connectivity index is 1.28. The van der Waals surface area contributed by atoms with Crippen molar-refractivity contribution >= 4 is 34.8 Å². The molecule has 4 atom stereocenters. The second kappa shape index (κ2) is 6.23. The number of ether oxygens (including phenoxy) is 3. The summed E-state index contributed by atoms with van der Waals surface area (Å²) in [7, 11) is 0. The van der Waals surface area contributed by atoms with Gasteiger partial charge in [0.25, 0.3) is 0 Å². The zero-order valence-corrected chi connectivity index (χ0v) is 16.5. The van der Waals surface area contributed by atoms with Crippen molar-refractivity contribution in [3.8, 4) is 11.5 Å². The number of fused-ring (bicyclic) bond motifs is 2. The van der Waals surface area contributed by atoms with Crippen LogP contribution in [0.4, 0.5) is 11.4 Å². The summed E-state index contributed by atoms with van der Waals surface area (Å²) in [5.74, 6) is -0.319. The van der Waals surface area contributed by atoms with E-state index < -0.39 is 23.5 Å². The highest BCUT2D eigenvalue weighted by Gasteiger charge is 2.67. The van der Waals surface area contributed by atoms with Gasteiger partial charge >= 0.3 is 0 Å². The second-order valence-corrected chi connectivity index (χ2v) is 8.29. The van der Waals surface area contributed by atoms with Gasteiger partial charge in [-0.2, -0.15) is 0 Å². The van der Waals surface area contributed by atoms with Crippen LogP contribution in [0.3, 0.4) is 0 Å². The molecule has 0 radical (unpaired) electrons. The van der Waals surface area contributed by atoms with Gasteiger partial charge in [-0.1, -0.05) is 23.8 Å². The normalized spacial score (nSPS) is 30.1. The van der Waals surface area contributed by atoms with Gasteiger partial charge in [0.1, 0.15) is 5.60 Å². The van der Waals surface area contributed by atoms with Crippen molar-refractivity contribution in [1.82, 2.24) is 0 Å². The molecule has 30 heavy (non-hydrogen) atoms. The Kier molecular flexibility index (Phi) is 3.70. The molecule has 0 saturated carbocycles. The maximum Gasteiger partial charge on any atom is 0.234 e. The third kappa shape index (κ3) is 2.49. The number of rotatable bonds is 3. The summed E-state index contributed by atoms with van der Waals surface area (Å²) in [6.07, 6.45) is 3.40. The molecule has 0 unspecified atom stereocenters. The summed E-state index contributed by atoms with van der Waals surface area (Å²) < 4.78 is 16.8. The standard InChI is InChI=1S/C22H17ClN2O5/c23-12-1-4-14(5-2-12)25-10-22-8-7-16(30-22)18(19(22)21(25)27)20(26)24-13-3-6-15-17(9-13)29-11-28-15/h1-9,16,18-19H,10-11H2,(H,24,26)/t16-,18+,19+,22-/m1/s1. The molecule has 1 N–H and O–H groups in total. The largest absolute Gasteiger partial charge is 0.454 e. The minimum absolute atomic E-state index is 0.116. The highest BCUT2D eigenvalue weighted by molar-refractivity contribution is 6.30. The van der Waals surface area contributed by atoms with E-state index in [2.05, 4.69) is 5.32 Å². The summed E-state index contributed by atoms with van der Waals surface area (Å²) in [6, 6.07) is 12.3. The molecule has 4 heterocycles. The number of hydrogen-bond acceptors (Lipinski definition) is 5. The van der Waals surface area contributed by atoms with Crippen molar-refractivity contribution in [2.24, 2.45) is 11.8 Å². The molecule has 4 aliphatic rings. The number of benzene rings is 2. The van der Waals surface area contributed by atoms with Gasteiger partial charge in [0.2, 0.25) is 18.6 Å². The number of amides is 2. The molecule has 8 heteroatoms. The van der Waals surface area contributed by atoms with Gasteiger partial charge in [-0.05, 0) is 36.4 Å². The number of halogens is 1. The van der Waals surface area contributed by atoms with Crippen LogP contribution in [-0.2, 0) is 14.3 Å². The number of anilines is 2. The fourth-order valence-corrected chi connectivity index (χ4v) is 4.96. The average molecular weight is 425 g/mol. The number of carbonyl (C=O) groups is 2. The van der Waals surface area contributed by atoms with E-state index in [9.17, 15) is 9.59 Å². The smallest absolute Gasteiger partial charge is 0.234 e. The van der Waals surface area contributed by atoms with Crippen molar-refractivity contribution in [3.63, 3.8) is 0 Å². The van der Waals surface area contributed by atoms with Crippen LogP contribution in [0.5, 0.6) is 11.5 Å². The molecule has 1 spiro atoms. The predicted octanol–water partition coefficient (Wildman–Crippen LogP) is 2.99. The summed E-state index contributed by atoms with van der Waals surface area (Å²) in [4.78, 5) is 28.2. The Labute approximate surface area is 177 Å². The zero-order chi connectivity index (χ0) is 20.5. The van der Waals surface area contributed by atoms with Crippen molar-refractivity contribution in [2.75, 3.05) is 23.6 Å². The fourth-order valence-electron chi connectivity index (χ4n) is 4.84. The first-order valence-electron chi connectivity index (χ1n) is 9.69. The van der Waals surface area contributed by atoms with Gasteiger partial charge in [0.15, 0.2) is 11.5 Å². The SMILES string of the molecule is O=C(Nc1ccc2c(c1)OCO2)[C@@H]1[C@H]2C(=O)N(c3ccc(Cl)cc3)C[C@]23C=C[C@H]1O3. The predicted molar refractivity (Wildman–Crippen MR) is 109 cm³/mol. The molecule has 2 fully saturated rings. The zero-order valence-electron chi connectivity index (χ0n) is 15.7. The Bertz CT molecular complexity index is 1100. The molecule has 7 nitrogen and oxygen atoms in total. The minimum Gasteiger partial charge on any atom is -0.454 e. The van der Waals surface area contributed by atoms with E-state index >= 15 is 0 Å². The van der Waals surface area contributed by atoms with Crippen LogP contribution in [0.25, 0.3) is 0 Å². The molecule has 0 aromatic heterocycles. The molecule has 152 valence electrons. The van der Waals surface area contributed by atoms with Crippen molar-refractivity contribution in [2.45, 2.75) is 11.7 Å². The van der Waals surface area contributed by atoms with Gasteiger partial charge in [-0.15, -0.1) is 0 Å². The summed E-state index contributed by atoms with van der Waals surface area (Å²) >= 11 is 5.98. The summed E-state index contributed by atoms with van der Waals surface area (Å²) in [6.45, 7) is 0.536. The van der Waals surface area contributed by atoms with Crippen LogP contribution in [0.2, 0.25) is 5.02 Å². The molecule has 2 bridgehead atoms. The number of hydrogen-bond donors (Lipinski definition) is 1. The van der Waals surface area contributed by atoms with E-state index in [0.717, 1.165) is 5.69 Å². The molecule has 2 aromatic carbocycles. The summed E-state index contributed by atoms with van der Waals surface area (Å²) in [5, 5.41) is 3.51. The van der Waals surface area contributed by atoms with Gasteiger partial charge in [0.05, 0.1) is 24.5 Å². The molecule has 2 aromatic rings. The van der Waals surface area contributed by atoms with Crippen LogP contribution in [0.1, 0.15) is 0 Å². The van der Waals surface area contributed by atoms with Crippen molar-refractivity contribution in [1.29, 1.82) is 0 Å². The molecular formula is C22H17ClN2O5. The average Bonchev–Trinajstić information content (AvgIpc) is 3.49. The monoisotopic (exact) mass is 424 g/mol. The summed E-state index contributed by atoms with van der Waals surface area (Å²) in [5.41, 5.74) is 0.548. The van der Waals surface area contributed by atoms with Crippen LogP contribution < -0.4 is 19.7 Å². The van der Waals surface area contributed by atoms with Crippen LogP contribution in [-0.4, -0.2) is 36.9 Å². The van der Waals surface area contributed by atoms with Crippen LogP contribution in [0, 0.1) is 11.8 Å². The highest BCUT2D eigenvalue weighted by Crippen LogP contribution is 2.53. The van der Waals surface area contributed by atoms with E-state index in [-0.39, 0.29) is 18.6 Å². The van der Waals surface area contributed by atoms with Crippen molar-refractivity contribution in [3.05, 3.63) is 59.6 Å². The Morgan fingerprint density at radius 3 is 2.77 bits per heavy atom. The quantitative estimate of drug-likeness (QED) is 0.766. The molecule has 2 amide bonds. The van der Waals surface area contributed by atoms with E-state index in [1.165, 1.54) is 0 Å². The van der Waals surface area contributed by atoms with E-state index in [1.807, 2.05) is 12.2 Å². The van der Waals surface area contributed by atoms with Gasteiger partial charge in [-0.3, -0.25) is 9.59 Å². The first kappa shape index (κ1) is 17.8. The number of nitrogens with one attached hydrogen (secondary N) is 1. The first-order valence-corrected chi connectivity index (χ1v) is 10.1. The highest BCUT2D eigenvalue weighted by atomic mass is 35.5.